The number of hydrogen-bond acceptors (Lipinski definition) is 4. The molecular weight excluding hydrogens is 375 g/mol. The molecule has 1 aromatic carbocycles. The Kier molecular flexibility index (Phi) is 5.59. The van der Waals surface area contributed by atoms with E-state index in [0.29, 0.717) is 28.0 Å². The number of fused-ring (bicyclic) bond motifs is 1. The lowest BCUT2D eigenvalue weighted by molar-refractivity contribution is -0.140. The van der Waals surface area contributed by atoms with Crippen molar-refractivity contribution in [1.82, 2.24) is 5.32 Å². The third-order valence-electron chi connectivity index (χ3n) is 3.95. The van der Waals surface area contributed by atoms with E-state index in [4.69, 9.17) is 27.9 Å². The summed E-state index contributed by atoms with van der Waals surface area (Å²) in [6, 6.07) is 7.29. The normalized spacial score (nSPS) is 18.9. The number of nitrogens with zero attached hydrogens (tertiary/aromatic N) is 1. The van der Waals surface area contributed by atoms with Gasteiger partial charge in [0.25, 0.3) is 5.91 Å². The van der Waals surface area contributed by atoms with Gasteiger partial charge >= 0.3 is 5.97 Å². The molecule has 0 radical (unpaired) electrons. The van der Waals surface area contributed by atoms with Crippen LogP contribution in [0.4, 0.5) is 0 Å². The van der Waals surface area contributed by atoms with Gasteiger partial charge in [0.05, 0.1) is 18.2 Å². The average Bonchev–Trinajstić information content (AvgIpc) is 2.60. The minimum absolute atomic E-state index is 0.0781. The first kappa shape index (κ1) is 18.4. The highest BCUT2D eigenvalue weighted by Crippen LogP contribution is 2.29. The Morgan fingerprint density at radius 1 is 1.27 bits per heavy atom. The highest BCUT2D eigenvalue weighted by atomic mass is 35.5. The first-order valence-electron chi connectivity index (χ1n) is 8.07. The summed E-state index contributed by atoms with van der Waals surface area (Å²) in [4.78, 5) is 28.8. The van der Waals surface area contributed by atoms with Crippen molar-refractivity contribution in [3.8, 4) is 0 Å². The Labute approximate surface area is 161 Å². The number of rotatable bonds is 5. The molecule has 1 heterocycles. The number of nitrogens with one attached hydrogen (secondary N) is 1. The van der Waals surface area contributed by atoms with Crippen LogP contribution >= 0.6 is 23.2 Å². The van der Waals surface area contributed by atoms with E-state index in [1.54, 1.807) is 37.3 Å². The second-order valence-corrected chi connectivity index (χ2v) is 6.57. The molecule has 0 spiro atoms. The Morgan fingerprint density at radius 2 is 2.00 bits per heavy atom. The maximum atomic E-state index is 12.4. The molecule has 7 heteroatoms. The molecule has 3 rings (SSSR count). The molecule has 5 nitrogen and oxygen atoms in total. The van der Waals surface area contributed by atoms with Crippen LogP contribution in [0.1, 0.15) is 12.5 Å². The highest BCUT2D eigenvalue weighted by molar-refractivity contribution is 6.34. The van der Waals surface area contributed by atoms with Gasteiger partial charge < -0.3 is 10.1 Å². The predicted octanol–water partition coefficient (Wildman–Crippen LogP) is 3.54. The van der Waals surface area contributed by atoms with Crippen molar-refractivity contribution < 1.29 is 14.3 Å². The summed E-state index contributed by atoms with van der Waals surface area (Å²) in [5.41, 5.74) is 1.83. The smallest absolute Gasteiger partial charge is 0.345 e. The SMILES string of the molecule is CCOC(=O)C1=C(NCc2ccc(Cl)cc2)C2C=CC(Cl)=CC2=NC1=O. The number of halogens is 2. The quantitative estimate of drug-likeness (QED) is 0.616. The van der Waals surface area contributed by atoms with Crippen LogP contribution in [-0.4, -0.2) is 24.2 Å². The lowest BCUT2D eigenvalue weighted by Crippen LogP contribution is -2.35. The zero-order valence-electron chi connectivity index (χ0n) is 14.0. The van der Waals surface area contributed by atoms with Crippen molar-refractivity contribution >= 4 is 40.8 Å². The Balaban J connectivity index is 1.94. The zero-order valence-corrected chi connectivity index (χ0v) is 15.5. The van der Waals surface area contributed by atoms with Crippen molar-refractivity contribution in [1.29, 1.82) is 0 Å². The zero-order chi connectivity index (χ0) is 18.7. The molecule has 1 unspecified atom stereocenters. The number of benzene rings is 1. The third kappa shape index (κ3) is 3.89. The van der Waals surface area contributed by atoms with Gasteiger partial charge in [-0.3, -0.25) is 4.79 Å². The largest absolute Gasteiger partial charge is 0.462 e. The summed E-state index contributed by atoms with van der Waals surface area (Å²) in [5, 5.41) is 4.31. The van der Waals surface area contributed by atoms with Crippen LogP contribution in [0.2, 0.25) is 5.02 Å². The lowest BCUT2D eigenvalue weighted by Gasteiger charge is -2.27. The molecule has 1 aromatic rings. The molecule has 2 aliphatic rings. The molecule has 26 heavy (non-hydrogen) atoms. The van der Waals surface area contributed by atoms with Crippen LogP contribution in [0.25, 0.3) is 0 Å². The summed E-state index contributed by atoms with van der Waals surface area (Å²) in [6.45, 7) is 2.27. The van der Waals surface area contributed by atoms with E-state index in [1.165, 1.54) is 0 Å². The molecule has 0 saturated heterocycles. The van der Waals surface area contributed by atoms with E-state index in [2.05, 4.69) is 10.3 Å². The van der Waals surface area contributed by atoms with Gasteiger partial charge in [-0.1, -0.05) is 41.4 Å². The number of aliphatic imine (C=N–C) groups is 1. The molecular formula is C19H16Cl2N2O3. The van der Waals surface area contributed by atoms with Crippen LogP contribution in [0.15, 0.2) is 63.8 Å². The van der Waals surface area contributed by atoms with Crippen LogP contribution in [0, 0.1) is 5.92 Å². The first-order valence-corrected chi connectivity index (χ1v) is 8.83. The van der Waals surface area contributed by atoms with Crippen molar-refractivity contribution in [3.05, 3.63) is 69.4 Å². The standard InChI is InChI=1S/C19H16Cl2N2O3/c1-2-26-19(25)16-17(22-10-11-3-5-12(20)6-4-11)14-8-7-13(21)9-15(14)23-18(16)24/h3-9,14,22H,2,10H2,1H3. The summed E-state index contributed by atoms with van der Waals surface area (Å²) < 4.78 is 5.04. The van der Waals surface area contributed by atoms with E-state index < -0.39 is 11.9 Å². The molecule has 1 aliphatic carbocycles. The van der Waals surface area contributed by atoms with Gasteiger partial charge in [0, 0.05) is 22.3 Å². The van der Waals surface area contributed by atoms with Gasteiger partial charge in [0.15, 0.2) is 0 Å². The maximum Gasteiger partial charge on any atom is 0.345 e. The molecule has 0 saturated carbocycles. The van der Waals surface area contributed by atoms with Crippen molar-refractivity contribution in [3.63, 3.8) is 0 Å². The van der Waals surface area contributed by atoms with E-state index >= 15 is 0 Å². The minimum Gasteiger partial charge on any atom is -0.462 e. The van der Waals surface area contributed by atoms with Gasteiger partial charge in [-0.15, -0.1) is 0 Å². The predicted molar refractivity (Wildman–Crippen MR) is 101 cm³/mol. The summed E-state index contributed by atoms with van der Waals surface area (Å²) in [7, 11) is 0. The number of esters is 1. The second kappa shape index (κ2) is 7.89. The molecule has 1 N–H and O–H groups in total. The fourth-order valence-corrected chi connectivity index (χ4v) is 3.06. The van der Waals surface area contributed by atoms with Gasteiger partial charge in [-0.25, -0.2) is 9.79 Å². The van der Waals surface area contributed by atoms with Gasteiger partial charge in [-0.2, -0.15) is 0 Å². The monoisotopic (exact) mass is 390 g/mol. The van der Waals surface area contributed by atoms with Crippen LogP contribution < -0.4 is 5.32 Å². The lowest BCUT2D eigenvalue weighted by atomic mass is 9.88. The molecule has 134 valence electrons. The fraction of sp³-hybridized carbons (Fsp3) is 0.211. The van der Waals surface area contributed by atoms with Crippen LogP contribution in [0.3, 0.4) is 0 Å². The van der Waals surface area contributed by atoms with Crippen LogP contribution in [0.5, 0.6) is 0 Å². The molecule has 1 atom stereocenters. The molecule has 1 amide bonds. The molecule has 0 aromatic heterocycles. The summed E-state index contributed by atoms with van der Waals surface area (Å²) in [6.07, 6.45) is 5.14. The number of allylic oxidation sites excluding steroid dienone is 4. The Bertz CT molecular complexity index is 867. The summed E-state index contributed by atoms with van der Waals surface area (Å²) >= 11 is 11.9. The average molecular weight is 391 g/mol. The number of carbonyl (C=O) groups excluding carboxylic acids is 2. The number of ether oxygens (including phenoxy) is 1. The molecule has 1 aliphatic heterocycles. The number of carbonyl (C=O) groups is 2. The number of amides is 1. The second-order valence-electron chi connectivity index (χ2n) is 5.70. The Morgan fingerprint density at radius 3 is 2.69 bits per heavy atom. The van der Waals surface area contributed by atoms with Crippen molar-refractivity contribution in [2.45, 2.75) is 13.5 Å². The maximum absolute atomic E-state index is 12.4. The van der Waals surface area contributed by atoms with Crippen LogP contribution in [-0.2, 0) is 20.9 Å². The van der Waals surface area contributed by atoms with Gasteiger partial charge in [0.1, 0.15) is 5.57 Å². The fourth-order valence-electron chi connectivity index (χ4n) is 2.75. The Hall–Kier alpha value is -2.37. The number of hydrogen-bond donors (Lipinski definition) is 1. The van der Waals surface area contributed by atoms with Gasteiger partial charge in [-0.05, 0) is 36.8 Å². The molecule has 0 fully saturated rings. The first-order chi connectivity index (χ1) is 12.5. The topological polar surface area (TPSA) is 67.8 Å². The van der Waals surface area contributed by atoms with Gasteiger partial charge in [0.2, 0.25) is 0 Å². The van der Waals surface area contributed by atoms with Crippen molar-refractivity contribution in [2.24, 2.45) is 10.9 Å². The van der Waals surface area contributed by atoms with Crippen molar-refractivity contribution in [2.75, 3.05) is 6.61 Å². The minimum atomic E-state index is -0.687. The highest BCUT2D eigenvalue weighted by Gasteiger charge is 2.35. The number of dihydropyridines is 1. The van der Waals surface area contributed by atoms with E-state index in [-0.39, 0.29) is 18.1 Å². The van der Waals surface area contributed by atoms with E-state index in [0.717, 1.165) is 5.56 Å². The third-order valence-corrected chi connectivity index (χ3v) is 4.44. The van der Waals surface area contributed by atoms with E-state index in [9.17, 15) is 9.59 Å². The van der Waals surface area contributed by atoms with E-state index in [1.807, 2.05) is 12.1 Å². The summed E-state index contributed by atoms with van der Waals surface area (Å²) in [5.74, 6) is -1.68. The molecule has 0 bridgehead atoms.